The first-order valence-corrected chi connectivity index (χ1v) is 4.48. The summed E-state index contributed by atoms with van der Waals surface area (Å²) < 4.78 is 0. The molecule has 2 N–H and O–H groups in total. The Bertz CT molecular complexity index is 194. The third-order valence-electron chi connectivity index (χ3n) is 3.55. The number of rotatable bonds is 0. The molecule has 0 amide bonds. The predicted octanol–water partition coefficient (Wildman–Crippen LogP) is 3.02. The quantitative estimate of drug-likeness (QED) is 0.333. The van der Waals surface area contributed by atoms with Crippen LogP contribution in [0, 0.1) is 17.3 Å². The zero-order valence-electron chi connectivity index (χ0n) is 8.04. The van der Waals surface area contributed by atoms with E-state index in [0.29, 0.717) is 5.41 Å². The summed E-state index contributed by atoms with van der Waals surface area (Å²) in [4.78, 5) is 0. The van der Waals surface area contributed by atoms with Crippen LogP contribution in [0.5, 0.6) is 0 Å². The Labute approximate surface area is 73.8 Å². The van der Waals surface area contributed by atoms with Crippen molar-refractivity contribution in [3.8, 4) is 0 Å². The molecule has 1 fully saturated rings. The molecule has 2 aliphatic rings. The van der Waals surface area contributed by atoms with Crippen LogP contribution in [0.2, 0.25) is 0 Å². The van der Waals surface area contributed by atoms with Crippen molar-refractivity contribution in [1.29, 1.82) is 0 Å². The van der Waals surface area contributed by atoms with E-state index in [4.69, 9.17) is 10.5 Å². The molecule has 1 saturated carbocycles. The number of allylic oxidation sites excluding steroid dienone is 2. The Balaban J connectivity index is 0.000000336. The molecule has 0 radical (unpaired) electrons. The fourth-order valence-corrected chi connectivity index (χ4v) is 2.49. The normalized spacial score (nSPS) is 35.6. The van der Waals surface area contributed by atoms with E-state index in [1.54, 1.807) is 5.57 Å². The molecule has 0 bridgehead atoms. The van der Waals surface area contributed by atoms with Gasteiger partial charge in [0.15, 0.2) is 0 Å². The van der Waals surface area contributed by atoms with Crippen LogP contribution >= 0.6 is 0 Å². The highest BCUT2D eigenvalue weighted by Crippen LogP contribution is 2.64. The highest BCUT2D eigenvalue weighted by molar-refractivity contribution is 5.18. The van der Waals surface area contributed by atoms with Crippen LogP contribution in [0.15, 0.2) is 11.6 Å². The Kier molecular flexibility index (Phi) is 2.59. The molecule has 0 saturated heterocycles. The SMILES string of the molecule is CC1=CCC2C(C1)C2(C)C.OO. The molecule has 2 aliphatic carbocycles. The second-order valence-electron chi connectivity index (χ2n) is 4.52. The molecule has 0 aromatic rings. The lowest BCUT2D eigenvalue weighted by Crippen LogP contribution is -1.90. The lowest BCUT2D eigenvalue weighted by molar-refractivity contribution is -0.176. The topological polar surface area (TPSA) is 40.5 Å². The van der Waals surface area contributed by atoms with Crippen molar-refractivity contribution in [3.63, 3.8) is 0 Å². The van der Waals surface area contributed by atoms with Crippen molar-refractivity contribution in [3.05, 3.63) is 11.6 Å². The van der Waals surface area contributed by atoms with Gasteiger partial charge in [-0.3, -0.25) is 10.5 Å². The van der Waals surface area contributed by atoms with Crippen molar-refractivity contribution in [2.24, 2.45) is 17.3 Å². The first kappa shape index (κ1) is 9.75. The van der Waals surface area contributed by atoms with Gasteiger partial charge in [0.2, 0.25) is 0 Å². The highest BCUT2D eigenvalue weighted by Gasteiger charge is 2.57. The molecule has 2 heteroatoms. The first-order chi connectivity index (χ1) is 5.62. The van der Waals surface area contributed by atoms with Crippen LogP contribution in [0.3, 0.4) is 0 Å². The summed E-state index contributed by atoms with van der Waals surface area (Å²) >= 11 is 0. The fraction of sp³-hybridized carbons (Fsp3) is 0.800. The van der Waals surface area contributed by atoms with Gasteiger partial charge < -0.3 is 0 Å². The lowest BCUT2D eigenvalue weighted by atomic mass is 10.0. The van der Waals surface area contributed by atoms with Gasteiger partial charge in [0.1, 0.15) is 0 Å². The second-order valence-corrected chi connectivity index (χ2v) is 4.52. The molecule has 70 valence electrons. The molecule has 0 aliphatic heterocycles. The van der Waals surface area contributed by atoms with Crippen LogP contribution in [-0.2, 0) is 0 Å². The van der Waals surface area contributed by atoms with Gasteiger partial charge in [-0.15, -0.1) is 0 Å². The molecule has 2 rings (SSSR count). The Morgan fingerprint density at radius 2 is 1.92 bits per heavy atom. The van der Waals surface area contributed by atoms with Crippen LogP contribution in [0.1, 0.15) is 33.6 Å². The maximum Gasteiger partial charge on any atom is -0.0286 e. The standard InChI is InChI=1S/C10H16.H2O2/c1-7-4-5-8-9(6-7)10(8,2)3;1-2/h4,8-9H,5-6H2,1-3H3;1-2H. The van der Waals surface area contributed by atoms with Gasteiger partial charge >= 0.3 is 0 Å². The molecule has 12 heavy (non-hydrogen) atoms. The largest absolute Gasteiger partial charge is 0.255 e. The van der Waals surface area contributed by atoms with Crippen LogP contribution in [-0.4, -0.2) is 10.5 Å². The van der Waals surface area contributed by atoms with E-state index in [-0.39, 0.29) is 0 Å². The lowest BCUT2D eigenvalue weighted by Gasteiger charge is -2.05. The van der Waals surface area contributed by atoms with E-state index in [2.05, 4.69) is 26.8 Å². The average Bonchev–Trinajstić information content (AvgIpc) is 2.58. The zero-order valence-corrected chi connectivity index (χ0v) is 8.04. The van der Waals surface area contributed by atoms with Crippen molar-refractivity contribution < 1.29 is 10.5 Å². The summed E-state index contributed by atoms with van der Waals surface area (Å²) in [6.45, 7) is 7.09. The molecule has 2 atom stereocenters. The van der Waals surface area contributed by atoms with E-state index < -0.39 is 0 Å². The monoisotopic (exact) mass is 170 g/mol. The molecular formula is C10H18O2. The van der Waals surface area contributed by atoms with Crippen molar-refractivity contribution in [1.82, 2.24) is 0 Å². The number of hydrogen-bond acceptors (Lipinski definition) is 2. The molecular weight excluding hydrogens is 152 g/mol. The van der Waals surface area contributed by atoms with E-state index in [9.17, 15) is 0 Å². The highest BCUT2D eigenvalue weighted by atomic mass is 17.0. The van der Waals surface area contributed by atoms with Gasteiger partial charge in [0.05, 0.1) is 0 Å². The predicted molar refractivity (Wildman–Crippen MR) is 49.0 cm³/mol. The minimum Gasteiger partial charge on any atom is -0.255 e. The molecule has 0 aromatic heterocycles. The molecule has 0 heterocycles. The van der Waals surface area contributed by atoms with E-state index >= 15 is 0 Å². The third-order valence-corrected chi connectivity index (χ3v) is 3.55. The van der Waals surface area contributed by atoms with Gasteiger partial charge in [-0.05, 0) is 37.0 Å². The second kappa shape index (κ2) is 3.19. The van der Waals surface area contributed by atoms with E-state index in [1.807, 2.05) is 0 Å². The molecule has 0 spiro atoms. The zero-order chi connectivity index (χ0) is 9.35. The summed E-state index contributed by atoms with van der Waals surface area (Å²) in [6, 6.07) is 0. The Morgan fingerprint density at radius 3 is 2.33 bits per heavy atom. The summed E-state index contributed by atoms with van der Waals surface area (Å²) in [7, 11) is 0. The molecule has 2 unspecified atom stereocenters. The summed E-state index contributed by atoms with van der Waals surface area (Å²) in [5.74, 6) is 2.05. The maximum atomic E-state index is 6.00. The smallest absolute Gasteiger partial charge is 0.0286 e. The van der Waals surface area contributed by atoms with Gasteiger partial charge in [-0.2, -0.15) is 0 Å². The molecule has 2 nitrogen and oxygen atoms in total. The molecule has 0 aromatic carbocycles. The van der Waals surface area contributed by atoms with E-state index in [1.165, 1.54) is 12.8 Å². The van der Waals surface area contributed by atoms with E-state index in [0.717, 1.165) is 11.8 Å². The van der Waals surface area contributed by atoms with Gasteiger partial charge in [-0.25, -0.2) is 0 Å². The Hall–Kier alpha value is -0.340. The van der Waals surface area contributed by atoms with Crippen LogP contribution in [0.4, 0.5) is 0 Å². The van der Waals surface area contributed by atoms with Gasteiger partial charge in [0.25, 0.3) is 0 Å². The van der Waals surface area contributed by atoms with Crippen LogP contribution in [0.25, 0.3) is 0 Å². The third kappa shape index (κ3) is 1.41. The van der Waals surface area contributed by atoms with Crippen LogP contribution < -0.4 is 0 Å². The average molecular weight is 170 g/mol. The minimum absolute atomic E-state index is 0.675. The minimum atomic E-state index is 0.675. The van der Waals surface area contributed by atoms with Crippen molar-refractivity contribution in [2.45, 2.75) is 33.6 Å². The summed E-state index contributed by atoms with van der Waals surface area (Å²) in [5, 5.41) is 12.0. The number of hydrogen-bond donors (Lipinski definition) is 2. The summed E-state index contributed by atoms with van der Waals surface area (Å²) in [6.07, 6.45) is 5.15. The number of fused-ring (bicyclic) bond motifs is 1. The maximum absolute atomic E-state index is 6.00. The van der Waals surface area contributed by atoms with Gasteiger partial charge in [-0.1, -0.05) is 25.5 Å². The van der Waals surface area contributed by atoms with Crippen molar-refractivity contribution >= 4 is 0 Å². The van der Waals surface area contributed by atoms with Crippen molar-refractivity contribution in [2.75, 3.05) is 0 Å². The fourth-order valence-electron chi connectivity index (χ4n) is 2.49. The summed E-state index contributed by atoms with van der Waals surface area (Å²) in [5.41, 5.74) is 2.29. The Morgan fingerprint density at radius 1 is 1.33 bits per heavy atom. The van der Waals surface area contributed by atoms with Gasteiger partial charge in [0, 0.05) is 0 Å². The first-order valence-electron chi connectivity index (χ1n) is 4.48.